The summed E-state index contributed by atoms with van der Waals surface area (Å²) in [4.78, 5) is 49.1. The Hall–Kier alpha value is -2.16. The topological polar surface area (TPSA) is 137 Å². The molecule has 1 aliphatic rings. The molecule has 0 radical (unpaired) electrons. The molecule has 5 N–H and O–H groups in total. The van der Waals surface area contributed by atoms with Gasteiger partial charge in [0.05, 0.1) is 6.04 Å². The highest BCUT2D eigenvalue weighted by molar-refractivity contribution is 5.94. The summed E-state index contributed by atoms with van der Waals surface area (Å²) < 4.78 is 0. The highest BCUT2D eigenvalue weighted by atomic mass is 16.4. The van der Waals surface area contributed by atoms with Crippen LogP contribution >= 0.6 is 0 Å². The van der Waals surface area contributed by atoms with Crippen LogP contribution in [0, 0.1) is 11.8 Å². The van der Waals surface area contributed by atoms with Gasteiger partial charge in [-0.1, -0.05) is 40.5 Å². The molecule has 0 spiro atoms. The molecule has 0 bridgehead atoms. The molecule has 1 saturated heterocycles. The molecule has 3 amide bonds. The zero-order chi connectivity index (χ0) is 22.1. The highest BCUT2D eigenvalue weighted by Gasteiger charge is 2.33. The minimum absolute atomic E-state index is 0.204. The Balaban J connectivity index is 2.78. The molecule has 9 nitrogen and oxygen atoms in total. The minimum atomic E-state index is -1.10. The van der Waals surface area contributed by atoms with Crippen LogP contribution in [0.3, 0.4) is 0 Å². The first kappa shape index (κ1) is 24.9. The molecule has 1 aliphatic heterocycles. The Morgan fingerprint density at radius 3 is 1.97 bits per heavy atom. The number of carbonyl (C=O) groups is 4. The normalized spacial score (nSPS) is 21.3. The van der Waals surface area contributed by atoms with Crippen molar-refractivity contribution in [3.05, 3.63) is 0 Å². The molecule has 0 aromatic carbocycles. The van der Waals surface area contributed by atoms with Crippen LogP contribution in [-0.4, -0.2) is 59.5 Å². The van der Waals surface area contributed by atoms with Crippen LogP contribution in [0.15, 0.2) is 0 Å². The first-order valence-corrected chi connectivity index (χ1v) is 10.5. The second-order valence-corrected chi connectivity index (χ2v) is 7.96. The van der Waals surface area contributed by atoms with Crippen LogP contribution < -0.4 is 21.3 Å². The van der Waals surface area contributed by atoms with E-state index in [4.69, 9.17) is 0 Å². The molecule has 1 fully saturated rings. The van der Waals surface area contributed by atoms with Gasteiger partial charge in [0.2, 0.25) is 17.7 Å². The Labute approximate surface area is 172 Å². The maximum absolute atomic E-state index is 12.8. The van der Waals surface area contributed by atoms with Crippen molar-refractivity contribution in [1.29, 1.82) is 0 Å². The van der Waals surface area contributed by atoms with E-state index < -0.39 is 35.9 Å². The Bertz CT molecular complexity index is 591. The molecule has 6 unspecified atom stereocenters. The molecular weight excluding hydrogens is 376 g/mol. The molecule has 1 rings (SSSR count). The summed E-state index contributed by atoms with van der Waals surface area (Å²) in [6.45, 7) is 9.64. The SMILES string of the molecule is CCC(C)C(NC(=O)C(NC(=O)C(C)NC(=O)C1CCCN1)C(C)CC)C(=O)O. The van der Waals surface area contributed by atoms with E-state index in [1.165, 1.54) is 0 Å². The molecule has 29 heavy (non-hydrogen) atoms. The van der Waals surface area contributed by atoms with Crippen molar-refractivity contribution in [3.8, 4) is 0 Å². The van der Waals surface area contributed by atoms with Crippen LogP contribution in [0.1, 0.15) is 60.3 Å². The van der Waals surface area contributed by atoms with E-state index in [1.807, 2.05) is 20.8 Å². The number of aliphatic carboxylic acids is 1. The summed E-state index contributed by atoms with van der Waals surface area (Å²) in [7, 11) is 0. The Kier molecular flexibility index (Phi) is 10.1. The summed E-state index contributed by atoms with van der Waals surface area (Å²) in [5, 5.41) is 20.4. The van der Waals surface area contributed by atoms with Crippen LogP contribution in [0.25, 0.3) is 0 Å². The van der Waals surface area contributed by atoms with Crippen LogP contribution in [-0.2, 0) is 19.2 Å². The van der Waals surface area contributed by atoms with Gasteiger partial charge >= 0.3 is 5.97 Å². The predicted molar refractivity (Wildman–Crippen MR) is 109 cm³/mol. The number of carbonyl (C=O) groups excluding carboxylic acids is 3. The van der Waals surface area contributed by atoms with Crippen molar-refractivity contribution >= 4 is 23.7 Å². The summed E-state index contributed by atoms with van der Waals surface area (Å²) >= 11 is 0. The summed E-state index contributed by atoms with van der Waals surface area (Å²) in [5.74, 6) is -2.81. The first-order chi connectivity index (χ1) is 13.6. The average molecular weight is 413 g/mol. The quantitative estimate of drug-likeness (QED) is 0.333. The third kappa shape index (κ3) is 7.30. The van der Waals surface area contributed by atoms with E-state index in [9.17, 15) is 24.3 Å². The van der Waals surface area contributed by atoms with E-state index in [1.54, 1.807) is 13.8 Å². The number of nitrogens with one attached hydrogen (secondary N) is 4. The van der Waals surface area contributed by atoms with Crippen LogP contribution in [0.4, 0.5) is 0 Å². The van der Waals surface area contributed by atoms with Gasteiger partial charge in [-0.25, -0.2) is 4.79 Å². The second-order valence-electron chi connectivity index (χ2n) is 7.96. The van der Waals surface area contributed by atoms with Crippen molar-refractivity contribution in [3.63, 3.8) is 0 Å². The largest absolute Gasteiger partial charge is 0.480 e. The van der Waals surface area contributed by atoms with Gasteiger partial charge in [0.25, 0.3) is 0 Å². The zero-order valence-corrected chi connectivity index (χ0v) is 18.1. The van der Waals surface area contributed by atoms with Crippen molar-refractivity contribution in [2.45, 2.75) is 84.5 Å². The fourth-order valence-corrected chi connectivity index (χ4v) is 3.19. The molecule has 6 atom stereocenters. The van der Waals surface area contributed by atoms with Crippen molar-refractivity contribution in [1.82, 2.24) is 21.3 Å². The number of rotatable bonds is 11. The standard InChI is InChI=1S/C20H36N4O5/c1-6-11(3)15(19(27)24-16(20(28)29)12(4)7-2)23-17(25)13(5)22-18(26)14-9-8-10-21-14/h11-16,21H,6-10H2,1-5H3,(H,22,26)(H,23,25)(H,24,27)(H,28,29). The van der Waals surface area contributed by atoms with Gasteiger partial charge < -0.3 is 26.4 Å². The van der Waals surface area contributed by atoms with Gasteiger partial charge in [0.1, 0.15) is 18.1 Å². The molecular formula is C20H36N4O5. The van der Waals surface area contributed by atoms with E-state index in [-0.39, 0.29) is 23.8 Å². The molecule has 9 heteroatoms. The number of carboxylic acid groups (broad SMARTS) is 1. The van der Waals surface area contributed by atoms with Crippen molar-refractivity contribution in [2.75, 3.05) is 6.54 Å². The van der Waals surface area contributed by atoms with Gasteiger partial charge in [-0.15, -0.1) is 0 Å². The predicted octanol–water partition coefficient (Wildman–Crippen LogP) is 0.390. The Morgan fingerprint density at radius 1 is 0.931 bits per heavy atom. The fraction of sp³-hybridized carbons (Fsp3) is 0.800. The average Bonchev–Trinajstić information content (AvgIpc) is 3.23. The monoisotopic (exact) mass is 412 g/mol. The van der Waals surface area contributed by atoms with E-state index in [2.05, 4.69) is 21.3 Å². The van der Waals surface area contributed by atoms with E-state index in [0.717, 1.165) is 19.4 Å². The third-order valence-corrected chi connectivity index (χ3v) is 5.70. The molecule has 0 saturated carbocycles. The zero-order valence-electron chi connectivity index (χ0n) is 18.1. The second kappa shape index (κ2) is 11.7. The van der Waals surface area contributed by atoms with Crippen LogP contribution in [0.5, 0.6) is 0 Å². The van der Waals surface area contributed by atoms with Gasteiger partial charge in [-0.05, 0) is 38.1 Å². The third-order valence-electron chi connectivity index (χ3n) is 5.70. The van der Waals surface area contributed by atoms with Gasteiger partial charge in [0, 0.05) is 0 Å². The minimum Gasteiger partial charge on any atom is -0.480 e. The lowest BCUT2D eigenvalue weighted by Gasteiger charge is -2.28. The number of hydrogen-bond donors (Lipinski definition) is 5. The highest BCUT2D eigenvalue weighted by Crippen LogP contribution is 2.12. The van der Waals surface area contributed by atoms with E-state index in [0.29, 0.717) is 12.8 Å². The Morgan fingerprint density at radius 2 is 1.48 bits per heavy atom. The number of carboxylic acids is 1. The van der Waals surface area contributed by atoms with Crippen molar-refractivity contribution in [2.24, 2.45) is 11.8 Å². The molecule has 0 aliphatic carbocycles. The van der Waals surface area contributed by atoms with Gasteiger partial charge in [-0.2, -0.15) is 0 Å². The molecule has 0 aromatic heterocycles. The lowest BCUT2D eigenvalue weighted by molar-refractivity contribution is -0.144. The smallest absolute Gasteiger partial charge is 0.326 e. The lowest BCUT2D eigenvalue weighted by Crippen LogP contribution is -2.58. The summed E-state index contributed by atoms with van der Waals surface area (Å²) in [6, 6.07) is -3.02. The summed E-state index contributed by atoms with van der Waals surface area (Å²) in [6.07, 6.45) is 2.85. The van der Waals surface area contributed by atoms with Crippen LogP contribution in [0.2, 0.25) is 0 Å². The number of hydrogen-bond acceptors (Lipinski definition) is 5. The maximum atomic E-state index is 12.8. The molecule has 0 aromatic rings. The fourth-order valence-electron chi connectivity index (χ4n) is 3.19. The first-order valence-electron chi connectivity index (χ1n) is 10.5. The maximum Gasteiger partial charge on any atom is 0.326 e. The lowest BCUT2D eigenvalue weighted by atomic mass is 9.95. The van der Waals surface area contributed by atoms with Gasteiger partial charge in [0.15, 0.2) is 0 Å². The number of amides is 3. The summed E-state index contributed by atoms with van der Waals surface area (Å²) in [5.41, 5.74) is 0. The molecule has 1 heterocycles. The van der Waals surface area contributed by atoms with Gasteiger partial charge in [-0.3, -0.25) is 14.4 Å². The molecule has 166 valence electrons. The van der Waals surface area contributed by atoms with Crippen molar-refractivity contribution < 1.29 is 24.3 Å². The van der Waals surface area contributed by atoms with E-state index >= 15 is 0 Å².